The van der Waals surface area contributed by atoms with Crippen LogP contribution in [0.3, 0.4) is 0 Å². The van der Waals surface area contributed by atoms with E-state index in [4.69, 9.17) is 9.72 Å². The van der Waals surface area contributed by atoms with Crippen LogP contribution in [0.15, 0.2) is 65.8 Å². The number of thioether (sulfide) groups is 1. The second-order valence-electron chi connectivity index (χ2n) is 7.80. The summed E-state index contributed by atoms with van der Waals surface area (Å²) < 4.78 is 5.82. The Morgan fingerprint density at radius 2 is 1.73 bits per heavy atom. The van der Waals surface area contributed by atoms with Gasteiger partial charge >= 0.3 is 0 Å². The molecule has 1 fully saturated rings. The van der Waals surface area contributed by atoms with Crippen LogP contribution in [-0.2, 0) is 0 Å². The van der Waals surface area contributed by atoms with Gasteiger partial charge in [0.2, 0.25) is 0 Å². The predicted octanol–water partition coefficient (Wildman–Crippen LogP) is 6.45. The van der Waals surface area contributed by atoms with E-state index in [1.165, 1.54) is 42.4 Å². The number of carbonyl (C=O) groups is 1. The highest BCUT2D eigenvalue weighted by molar-refractivity contribution is 7.98. The van der Waals surface area contributed by atoms with Gasteiger partial charge < -0.3 is 15.0 Å². The van der Waals surface area contributed by atoms with Gasteiger partial charge in [-0.15, -0.1) is 11.3 Å². The lowest BCUT2D eigenvalue weighted by Crippen LogP contribution is -2.30. The number of amides is 1. The number of nitrogens with zero attached hydrogens (tertiary/aromatic N) is 3. The molecule has 2 aromatic carbocycles. The predicted molar refractivity (Wildman–Crippen MR) is 136 cm³/mol. The lowest BCUT2D eigenvalue weighted by atomic mass is 10.1. The Labute approximate surface area is 201 Å². The zero-order valence-corrected chi connectivity index (χ0v) is 19.9. The fourth-order valence-electron chi connectivity index (χ4n) is 3.86. The van der Waals surface area contributed by atoms with Crippen molar-refractivity contribution in [1.29, 1.82) is 0 Å². The molecule has 0 saturated carbocycles. The molecular weight excluding hydrogens is 452 g/mol. The summed E-state index contributed by atoms with van der Waals surface area (Å²) in [6.45, 7) is 1.99. The van der Waals surface area contributed by atoms with Crippen molar-refractivity contribution in [2.75, 3.05) is 29.6 Å². The molecule has 0 spiro atoms. The van der Waals surface area contributed by atoms with Crippen molar-refractivity contribution in [2.45, 2.75) is 24.4 Å². The van der Waals surface area contributed by atoms with Gasteiger partial charge in [-0.25, -0.2) is 9.97 Å². The van der Waals surface area contributed by atoms with Crippen LogP contribution in [0.2, 0.25) is 0 Å². The van der Waals surface area contributed by atoms with Crippen LogP contribution in [0.5, 0.6) is 11.5 Å². The van der Waals surface area contributed by atoms with Gasteiger partial charge in [-0.1, -0.05) is 30.0 Å². The third-order valence-electron chi connectivity index (χ3n) is 5.51. The monoisotopic (exact) mass is 476 g/mol. The van der Waals surface area contributed by atoms with Crippen LogP contribution in [-0.4, -0.2) is 35.2 Å². The Bertz CT molecular complexity index is 1250. The van der Waals surface area contributed by atoms with Gasteiger partial charge in [-0.2, -0.15) is 0 Å². The maximum atomic E-state index is 13.0. The number of para-hydroxylation sites is 1. The minimum Gasteiger partial charge on any atom is -0.457 e. The molecule has 1 N–H and O–H groups in total. The minimum absolute atomic E-state index is 0.148. The lowest BCUT2D eigenvalue weighted by Gasteiger charge is -2.28. The SMILES string of the molecule is CSc1nc(N2CCCCC2)c2cc(C(=O)Nc3ccc(Oc4ccccc4)cc3)sc2n1. The van der Waals surface area contributed by atoms with Gasteiger partial charge in [-0.3, -0.25) is 4.79 Å². The molecular formula is C25H24N4O2S2. The fraction of sp³-hybridized carbons (Fsp3) is 0.240. The van der Waals surface area contributed by atoms with Crippen molar-refractivity contribution in [2.24, 2.45) is 0 Å². The molecule has 2 aromatic heterocycles. The Kier molecular flexibility index (Phi) is 6.46. The number of thiophene rings is 1. The number of aromatic nitrogens is 2. The fourth-order valence-corrected chi connectivity index (χ4v) is 5.20. The zero-order chi connectivity index (χ0) is 22.6. The molecule has 4 aromatic rings. The number of anilines is 2. The summed E-state index contributed by atoms with van der Waals surface area (Å²) in [5, 5.41) is 4.68. The molecule has 5 rings (SSSR count). The number of nitrogens with one attached hydrogen (secondary N) is 1. The van der Waals surface area contributed by atoms with E-state index in [-0.39, 0.29) is 5.91 Å². The summed E-state index contributed by atoms with van der Waals surface area (Å²) in [5.74, 6) is 2.29. The first-order valence-electron chi connectivity index (χ1n) is 10.9. The molecule has 0 aliphatic carbocycles. The maximum absolute atomic E-state index is 13.0. The maximum Gasteiger partial charge on any atom is 0.265 e. The second-order valence-corrected chi connectivity index (χ2v) is 9.61. The first-order valence-corrected chi connectivity index (χ1v) is 13.0. The van der Waals surface area contributed by atoms with Crippen molar-refractivity contribution < 1.29 is 9.53 Å². The van der Waals surface area contributed by atoms with Crippen LogP contribution < -0.4 is 15.0 Å². The Morgan fingerprint density at radius 3 is 2.45 bits per heavy atom. The van der Waals surface area contributed by atoms with Gasteiger partial charge in [-0.05, 0) is 68.0 Å². The van der Waals surface area contributed by atoms with Crippen LogP contribution >= 0.6 is 23.1 Å². The number of hydrogen-bond donors (Lipinski definition) is 1. The van der Waals surface area contributed by atoms with E-state index in [1.807, 2.05) is 66.9 Å². The standard InChI is InChI=1S/C25H24N4O2S2/c1-32-25-27-22(29-14-6-3-7-15-29)20-16-21(33-24(20)28-25)23(30)26-17-10-12-19(13-11-17)31-18-8-4-2-5-9-18/h2,4-5,8-13,16H,3,6-7,14-15H2,1H3,(H,26,30). The summed E-state index contributed by atoms with van der Waals surface area (Å²) in [6, 6.07) is 18.9. The van der Waals surface area contributed by atoms with E-state index in [2.05, 4.69) is 15.2 Å². The largest absolute Gasteiger partial charge is 0.457 e. The summed E-state index contributed by atoms with van der Waals surface area (Å²) in [6.07, 6.45) is 5.57. The Hall–Kier alpha value is -3.10. The molecule has 8 heteroatoms. The Morgan fingerprint density at radius 1 is 1.00 bits per heavy atom. The number of ether oxygens (including phenoxy) is 1. The van der Waals surface area contributed by atoms with E-state index < -0.39 is 0 Å². The highest BCUT2D eigenvalue weighted by Crippen LogP contribution is 2.34. The van der Waals surface area contributed by atoms with Gasteiger partial charge in [0, 0.05) is 18.8 Å². The topological polar surface area (TPSA) is 67.4 Å². The molecule has 1 amide bonds. The van der Waals surface area contributed by atoms with Gasteiger partial charge in [0.05, 0.1) is 10.3 Å². The first-order chi connectivity index (χ1) is 16.2. The molecule has 1 aliphatic heterocycles. The van der Waals surface area contributed by atoms with Gasteiger partial charge in [0.25, 0.3) is 5.91 Å². The lowest BCUT2D eigenvalue weighted by molar-refractivity contribution is 0.103. The van der Waals surface area contributed by atoms with Crippen LogP contribution in [0.1, 0.15) is 28.9 Å². The first kappa shape index (κ1) is 21.7. The summed E-state index contributed by atoms with van der Waals surface area (Å²) in [5.41, 5.74) is 0.713. The summed E-state index contributed by atoms with van der Waals surface area (Å²) >= 11 is 2.94. The Balaban J connectivity index is 1.35. The van der Waals surface area contributed by atoms with Gasteiger partial charge in [0.15, 0.2) is 5.16 Å². The number of carbonyl (C=O) groups excluding carboxylic acids is 1. The highest BCUT2D eigenvalue weighted by atomic mass is 32.2. The molecule has 168 valence electrons. The molecule has 6 nitrogen and oxygen atoms in total. The van der Waals surface area contributed by atoms with Crippen LogP contribution in [0.4, 0.5) is 11.5 Å². The van der Waals surface area contributed by atoms with Crippen LogP contribution in [0, 0.1) is 0 Å². The van der Waals surface area contributed by atoms with Gasteiger partial charge in [0.1, 0.15) is 22.1 Å². The highest BCUT2D eigenvalue weighted by Gasteiger charge is 2.21. The normalized spacial score (nSPS) is 13.8. The van der Waals surface area contributed by atoms with Crippen molar-refractivity contribution >= 4 is 50.7 Å². The van der Waals surface area contributed by atoms with Crippen LogP contribution in [0.25, 0.3) is 10.2 Å². The molecule has 33 heavy (non-hydrogen) atoms. The quantitative estimate of drug-likeness (QED) is 0.255. The second kappa shape index (κ2) is 9.80. The smallest absolute Gasteiger partial charge is 0.265 e. The average Bonchev–Trinajstić information content (AvgIpc) is 3.30. The molecule has 1 saturated heterocycles. The zero-order valence-electron chi connectivity index (χ0n) is 18.3. The number of benzene rings is 2. The number of hydrogen-bond acceptors (Lipinski definition) is 7. The molecule has 0 radical (unpaired) electrons. The van der Waals surface area contributed by atoms with Crippen molar-refractivity contribution in [3.63, 3.8) is 0 Å². The van der Waals surface area contributed by atoms with E-state index in [9.17, 15) is 4.79 Å². The van der Waals surface area contributed by atoms with E-state index in [1.54, 1.807) is 0 Å². The van der Waals surface area contributed by atoms with E-state index in [0.29, 0.717) is 16.3 Å². The molecule has 0 atom stereocenters. The number of fused-ring (bicyclic) bond motifs is 1. The van der Waals surface area contributed by atoms with E-state index >= 15 is 0 Å². The third kappa shape index (κ3) is 4.96. The number of rotatable bonds is 6. The van der Waals surface area contributed by atoms with Crippen molar-refractivity contribution in [1.82, 2.24) is 9.97 Å². The molecule has 3 heterocycles. The van der Waals surface area contributed by atoms with E-state index in [0.717, 1.165) is 40.0 Å². The minimum atomic E-state index is -0.148. The average molecular weight is 477 g/mol. The number of piperidine rings is 1. The summed E-state index contributed by atoms with van der Waals surface area (Å²) in [7, 11) is 0. The van der Waals surface area contributed by atoms with Crippen molar-refractivity contribution in [3.8, 4) is 11.5 Å². The molecule has 0 unspecified atom stereocenters. The van der Waals surface area contributed by atoms with Crippen molar-refractivity contribution in [3.05, 3.63) is 65.5 Å². The third-order valence-corrected chi connectivity index (χ3v) is 7.08. The molecule has 0 bridgehead atoms. The summed E-state index contributed by atoms with van der Waals surface area (Å²) in [4.78, 5) is 26.2. The molecule has 1 aliphatic rings.